The van der Waals surface area contributed by atoms with Gasteiger partial charge in [-0.1, -0.05) is 77.3 Å². The van der Waals surface area contributed by atoms with Crippen LogP contribution in [0.5, 0.6) is 5.75 Å². The van der Waals surface area contributed by atoms with E-state index in [1.807, 2.05) is 49.4 Å². The first-order valence-corrected chi connectivity index (χ1v) is 11.4. The van der Waals surface area contributed by atoms with E-state index in [9.17, 15) is 9.59 Å². The first-order valence-electron chi connectivity index (χ1n) is 9.87. The molecule has 3 aromatic carbocycles. The smallest absolute Gasteiger partial charge is 0.293 e. The van der Waals surface area contributed by atoms with Crippen molar-refractivity contribution < 1.29 is 14.3 Å². The maximum absolute atomic E-state index is 12.9. The summed E-state index contributed by atoms with van der Waals surface area (Å²) in [6, 6.07) is 20.6. The fourth-order valence-electron chi connectivity index (χ4n) is 3.29. The number of hydrogen-bond acceptors (Lipinski definition) is 4. The normalized spacial score (nSPS) is 15.0. The van der Waals surface area contributed by atoms with E-state index in [1.54, 1.807) is 24.3 Å². The Morgan fingerprint density at radius 1 is 0.938 bits per heavy atom. The molecule has 0 aromatic heterocycles. The lowest BCUT2D eigenvalue weighted by Gasteiger charge is -2.13. The molecule has 2 amide bonds. The minimum Gasteiger partial charge on any atom is -0.488 e. The molecule has 32 heavy (non-hydrogen) atoms. The Morgan fingerprint density at radius 2 is 1.75 bits per heavy atom. The number of imide groups is 1. The molecule has 162 valence electrons. The monoisotopic (exact) mass is 483 g/mol. The standard InChI is InChI=1S/C25H19Cl2NO3S/c1-16-5-4-6-18(11-16)15-31-22-8-3-2-7-19(22)13-23-24(29)28(25(30)32-23)14-17-9-10-20(26)21(27)12-17/h2-13H,14-15H2,1H3/b23-13-. The summed E-state index contributed by atoms with van der Waals surface area (Å²) in [5, 5.41) is 0.476. The third-order valence-electron chi connectivity index (χ3n) is 4.88. The lowest BCUT2D eigenvalue weighted by molar-refractivity contribution is -0.123. The van der Waals surface area contributed by atoms with Crippen molar-refractivity contribution in [2.24, 2.45) is 0 Å². The van der Waals surface area contributed by atoms with Gasteiger partial charge in [-0.05, 0) is 54.1 Å². The maximum atomic E-state index is 12.9. The lowest BCUT2D eigenvalue weighted by atomic mass is 10.1. The van der Waals surface area contributed by atoms with Crippen molar-refractivity contribution in [1.82, 2.24) is 4.90 Å². The predicted octanol–water partition coefficient (Wildman–Crippen LogP) is 7.12. The maximum Gasteiger partial charge on any atom is 0.293 e. The molecule has 0 saturated carbocycles. The summed E-state index contributed by atoms with van der Waals surface area (Å²) in [7, 11) is 0. The molecule has 1 heterocycles. The quantitative estimate of drug-likeness (QED) is 0.350. The Kier molecular flexibility index (Phi) is 6.89. The van der Waals surface area contributed by atoms with Gasteiger partial charge in [0, 0.05) is 5.56 Å². The van der Waals surface area contributed by atoms with Crippen LogP contribution in [-0.4, -0.2) is 16.0 Å². The van der Waals surface area contributed by atoms with Crippen molar-refractivity contribution >= 4 is 52.2 Å². The van der Waals surface area contributed by atoms with Gasteiger partial charge in [-0.2, -0.15) is 0 Å². The third kappa shape index (κ3) is 5.18. The summed E-state index contributed by atoms with van der Waals surface area (Å²) in [5.41, 5.74) is 3.68. The summed E-state index contributed by atoms with van der Waals surface area (Å²) in [4.78, 5) is 27.0. The van der Waals surface area contributed by atoms with Gasteiger partial charge in [0.05, 0.1) is 21.5 Å². The van der Waals surface area contributed by atoms with Crippen molar-refractivity contribution in [1.29, 1.82) is 0 Å². The van der Waals surface area contributed by atoms with Crippen LogP contribution in [0.25, 0.3) is 6.08 Å². The minimum absolute atomic E-state index is 0.129. The highest BCUT2D eigenvalue weighted by Crippen LogP contribution is 2.35. The number of carbonyl (C=O) groups excluding carboxylic acids is 2. The van der Waals surface area contributed by atoms with Crippen molar-refractivity contribution in [3.8, 4) is 5.75 Å². The van der Waals surface area contributed by atoms with Crippen LogP contribution in [0.4, 0.5) is 4.79 Å². The van der Waals surface area contributed by atoms with E-state index in [-0.39, 0.29) is 17.7 Å². The highest BCUT2D eigenvalue weighted by atomic mass is 35.5. The van der Waals surface area contributed by atoms with Crippen LogP contribution in [0.3, 0.4) is 0 Å². The van der Waals surface area contributed by atoms with Gasteiger partial charge in [0.2, 0.25) is 0 Å². The zero-order valence-electron chi connectivity index (χ0n) is 17.2. The van der Waals surface area contributed by atoms with E-state index in [2.05, 4.69) is 6.07 Å². The molecule has 0 N–H and O–H groups in total. The highest BCUT2D eigenvalue weighted by Gasteiger charge is 2.35. The van der Waals surface area contributed by atoms with E-state index in [1.165, 1.54) is 4.90 Å². The fourth-order valence-corrected chi connectivity index (χ4v) is 4.44. The molecular formula is C25H19Cl2NO3S. The molecule has 4 nitrogen and oxygen atoms in total. The van der Waals surface area contributed by atoms with Crippen LogP contribution < -0.4 is 4.74 Å². The number of benzene rings is 3. The molecule has 7 heteroatoms. The van der Waals surface area contributed by atoms with Gasteiger partial charge in [0.1, 0.15) is 12.4 Å². The summed E-state index contributed by atoms with van der Waals surface area (Å²) < 4.78 is 6.01. The van der Waals surface area contributed by atoms with Gasteiger partial charge in [-0.15, -0.1) is 0 Å². The summed E-state index contributed by atoms with van der Waals surface area (Å²) >= 11 is 12.9. The topological polar surface area (TPSA) is 46.6 Å². The fraction of sp³-hybridized carbons (Fsp3) is 0.120. The minimum atomic E-state index is -0.348. The average Bonchev–Trinajstić information content (AvgIpc) is 3.03. The summed E-state index contributed by atoms with van der Waals surface area (Å²) in [6.45, 7) is 2.57. The second kappa shape index (κ2) is 9.82. The first-order chi connectivity index (χ1) is 15.4. The zero-order chi connectivity index (χ0) is 22.7. The van der Waals surface area contributed by atoms with Crippen LogP contribution in [0.15, 0.2) is 71.6 Å². The third-order valence-corrected chi connectivity index (χ3v) is 6.53. The van der Waals surface area contributed by atoms with Crippen molar-refractivity contribution in [3.05, 3.63) is 104 Å². The Morgan fingerprint density at radius 3 is 2.53 bits per heavy atom. The Bertz CT molecular complexity index is 1230. The lowest BCUT2D eigenvalue weighted by Crippen LogP contribution is -2.27. The van der Waals surface area contributed by atoms with Gasteiger partial charge < -0.3 is 4.74 Å². The Balaban J connectivity index is 1.52. The largest absolute Gasteiger partial charge is 0.488 e. The number of rotatable bonds is 6. The molecule has 0 unspecified atom stereocenters. The SMILES string of the molecule is Cc1cccc(COc2ccccc2/C=C2\SC(=O)N(Cc3ccc(Cl)c(Cl)c3)C2=O)c1. The Labute approximate surface area is 200 Å². The van der Waals surface area contributed by atoms with Gasteiger partial charge >= 0.3 is 0 Å². The van der Waals surface area contributed by atoms with Crippen molar-refractivity contribution in [2.75, 3.05) is 0 Å². The Hall–Kier alpha value is -2.73. The van der Waals surface area contributed by atoms with Crippen LogP contribution in [0, 0.1) is 6.92 Å². The van der Waals surface area contributed by atoms with Crippen molar-refractivity contribution in [2.45, 2.75) is 20.1 Å². The van der Waals surface area contributed by atoms with Crippen molar-refractivity contribution in [3.63, 3.8) is 0 Å². The van der Waals surface area contributed by atoms with Gasteiger partial charge in [0.15, 0.2) is 0 Å². The number of amides is 2. The number of nitrogens with zero attached hydrogens (tertiary/aromatic N) is 1. The predicted molar refractivity (Wildman–Crippen MR) is 130 cm³/mol. The molecule has 1 fully saturated rings. The number of halogens is 2. The summed E-state index contributed by atoms with van der Waals surface area (Å²) in [5.74, 6) is 0.296. The van der Waals surface area contributed by atoms with Gasteiger partial charge in [-0.3, -0.25) is 14.5 Å². The van der Waals surface area contributed by atoms with E-state index in [4.69, 9.17) is 27.9 Å². The number of thioether (sulfide) groups is 1. The van der Waals surface area contributed by atoms with Crippen LogP contribution in [0.2, 0.25) is 10.0 Å². The summed E-state index contributed by atoms with van der Waals surface area (Å²) in [6.07, 6.45) is 1.70. The number of aryl methyl sites for hydroxylation is 1. The second-order valence-corrected chi connectivity index (χ2v) is 9.14. The van der Waals surface area contributed by atoms with E-state index in [0.29, 0.717) is 27.3 Å². The molecule has 4 rings (SSSR count). The molecule has 0 bridgehead atoms. The van der Waals surface area contributed by atoms with Crippen LogP contribution in [0.1, 0.15) is 22.3 Å². The van der Waals surface area contributed by atoms with Crippen LogP contribution >= 0.6 is 35.0 Å². The molecule has 0 atom stereocenters. The average molecular weight is 484 g/mol. The number of hydrogen-bond donors (Lipinski definition) is 0. The van der Waals surface area contributed by atoms with E-state index >= 15 is 0 Å². The molecule has 0 radical (unpaired) electrons. The van der Waals surface area contributed by atoms with E-state index < -0.39 is 0 Å². The van der Waals surface area contributed by atoms with E-state index in [0.717, 1.165) is 34.0 Å². The second-order valence-electron chi connectivity index (χ2n) is 7.33. The van der Waals surface area contributed by atoms with Gasteiger partial charge in [-0.25, -0.2) is 0 Å². The van der Waals surface area contributed by atoms with Gasteiger partial charge in [0.25, 0.3) is 11.1 Å². The number of para-hydroxylation sites is 1. The van der Waals surface area contributed by atoms with Crippen LogP contribution in [-0.2, 0) is 17.9 Å². The molecule has 1 aliphatic rings. The molecule has 1 saturated heterocycles. The highest BCUT2D eigenvalue weighted by molar-refractivity contribution is 8.18. The zero-order valence-corrected chi connectivity index (χ0v) is 19.5. The molecule has 0 spiro atoms. The number of ether oxygens (including phenoxy) is 1. The molecule has 1 aliphatic heterocycles. The first kappa shape index (κ1) is 22.5. The number of carbonyl (C=O) groups is 2. The molecule has 0 aliphatic carbocycles. The molecular weight excluding hydrogens is 465 g/mol. The molecule has 3 aromatic rings.